The summed E-state index contributed by atoms with van der Waals surface area (Å²) in [5, 5.41) is 6.48. The van der Waals surface area contributed by atoms with Crippen LogP contribution in [0.25, 0.3) is 37.2 Å². The molecule has 0 amide bonds. The lowest BCUT2D eigenvalue weighted by atomic mass is 10.1. The highest BCUT2D eigenvalue weighted by atomic mass is 32.2. The highest BCUT2D eigenvalue weighted by Gasteiger charge is 2.27. The third-order valence-corrected chi connectivity index (χ3v) is 12.9. The van der Waals surface area contributed by atoms with Crippen LogP contribution < -0.4 is 9.47 Å². The highest BCUT2D eigenvalue weighted by molar-refractivity contribution is 8.03. The topological polar surface area (TPSA) is 64.3 Å². The smallest absolute Gasteiger partial charge is 0.263 e. The fourth-order valence-corrected chi connectivity index (χ4v) is 9.96. The maximum atomic E-state index is 11.5. The SMILES string of the molecule is CCC(=Cc1sc2ccc(-c3cccs3)cc2[n+]1CCCS(=O)(=O)[O-])C=C1Sc2ccc(-c3cccs3)cc2N1CCC[N+](C)(C)C. The maximum absolute atomic E-state index is 11.5. The molecular weight excluding hydrogens is 683 g/mol. The van der Waals surface area contributed by atoms with Gasteiger partial charge in [-0.1, -0.05) is 54.3 Å². The van der Waals surface area contributed by atoms with E-state index in [9.17, 15) is 13.0 Å². The van der Waals surface area contributed by atoms with Crippen molar-refractivity contribution in [2.45, 2.75) is 37.6 Å². The summed E-state index contributed by atoms with van der Waals surface area (Å²) in [4.78, 5) is 6.22. The van der Waals surface area contributed by atoms with E-state index in [2.05, 4.69) is 115 Å². The van der Waals surface area contributed by atoms with Gasteiger partial charge in [0.25, 0.3) is 5.01 Å². The van der Waals surface area contributed by atoms with Crippen LogP contribution in [-0.2, 0) is 16.7 Å². The number of thioether (sulfide) groups is 1. The van der Waals surface area contributed by atoms with Gasteiger partial charge in [0.1, 0.15) is 4.70 Å². The molecule has 0 radical (unpaired) electrons. The largest absolute Gasteiger partial charge is 0.748 e. The van der Waals surface area contributed by atoms with Gasteiger partial charge in [-0.05, 0) is 70.3 Å². The van der Waals surface area contributed by atoms with E-state index in [-0.39, 0.29) is 12.2 Å². The first kappa shape index (κ1) is 34.1. The average molecular weight is 723 g/mol. The molecule has 5 aromatic rings. The number of aromatic nitrogens is 1. The Morgan fingerprint density at radius 2 is 1.66 bits per heavy atom. The fourth-order valence-electron chi connectivity index (χ4n) is 5.74. The summed E-state index contributed by atoms with van der Waals surface area (Å²) in [7, 11) is 2.44. The molecule has 0 fully saturated rings. The van der Waals surface area contributed by atoms with Gasteiger partial charge >= 0.3 is 0 Å². The third-order valence-electron chi connectivity index (χ3n) is 8.08. The number of nitrogens with zero attached hydrogens (tertiary/aromatic N) is 3. The monoisotopic (exact) mass is 722 g/mol. The first-order valence-electron chi connectivity index (χ1n) is 15.8. The second-order valence-corrected chi connectivity index (χ2v) is 18.2. The number of thiazole rings is 1. The molecule has 6 nitrogen and oxygen atoms in total. The Balaban J connectivity index is 1.38. The quantitative estimate of drug-likeness (QED) is 0.0690. The molecule has 11 heteroatoms. The Hall–Kier alpha value is -2.77. The Bertz CT molecular complexity index is 2020. The summed E-state index contributed by atoms with van der Waals surface area (Å²) in [5.41, 5.74) is 5.91. The molecule has 246 valence electrons. The Morgan fingerprint density at radius 3 is 2.30 bits per heavy atom. The summed E-state index contributed by atoms with van der Waals surface area (Å²) in [6.45, 7) is 4.66. The van der Waals surface area contributed by atoms with Crippen molar-refractivity contribution in [3.63, 3.8) is 0 Å². The highest BCUT2D eigenvalue weighted by Crippen LogP contribution is 2.48. The molecule has 0 N–H and O–H groups in total. The van der Waals surface area contributed by atoms with Crippen LogP contribution in [0.2, 0.25) is 0 Å². The number of thiophene rings is 2. The van der Waals surface area contributed by atoms with Crippen molar-refractivity contribution in [1.82, 2.24) is 0 Å². The summed E-state index contributed by atoms with van der Waals surface area (Å²) < 4.78 is 38.7. The minimum Gasteiger partial charge on any atom is -0.748 e. The maximum Gasteiger partial charge on any atom is 0.263 e. The number of rotatable bonds is 13. The van der Waals surface area contributed by atoms with Gasteiger partial charge in [-0.15, -0.1) is 22.7 Å². The van der Waals surface area contributed by atoms with Crippen LogP contribution >= 0.6 is 45.8 Å². The number of hydrogen-bond donors (Lipinski definition) is 0. The van der Waals surface area contributed by atoms with Crippen molar-refractivity contribution in [3.8, 4) is 20.9 Å². The van der Waals surface area contributed by atoms with Crippen molar-refractivity contribution in [3.05, 3.63) is 93.1 Å². The summed E-state index contributed by atoms with van der Waals surface area (Å²) in [6.07, 6.45) is 6.76. The lowest BCUT2D eigenvalue weighted by molar-refractivity contribution is -0.870. The molecule has 0 aliphatic carbocycles. The number of allylic oxidation sites excluding steroid dienone is 2. The van der Waals surface area contributed by atoms with Crippen LogP contribution in [0.4, 0.5) is 5.69 Å². The normalized spacial score (nSPS) is 14.9. The van der Waals surface area contributed by atoms with Crippen LogP contribution in [0.15, 0.2) is 93.0 Å². The van der Waals surface area contributed by atoms with Crippen molar-refractivity contribution >= 4 is 77.9 Å². The Kier molecular flexibility index (Phi) is 10.4. The minimum atomic E-state index is -4.29. The first-order chi connectivity index (χ1) is 22.5. The van der Waals surface area contributed by atoms with Crippen molar-refractivity contribution in [1.29, 1.82) is 0 Å². The second-order valence-electron chi connectivity index (χ2n) is 12.7. The van der Waals surface area contributed by atoms with Gasteiger partial charge in [0.05, 0.1) is 48.5 Å². The molecule has 0 bridgehead atoms. The van der Waals surface area contributed by atoms with Crippen LogP contribution in [-0.4, -0.2) is 57.4 Å². The van der Waals surface area contributed by atoms with Gasteiger partial charge < -0.3 is 13.9 Å². The molecule has 0 atom stereocenters. The number of fused-ring (bicyclic) bond motifs is 2. The van der Waals surface area contributed by atoms with Crippen molar-refractivity contribution < 1.29 is 22.0 Å². The zero-order valence-corrected chi connectivity index (χ0v) is 31.2. The van der Waals surface area contributed by atoms with Gasteiger partial charge in [-0.3, -0.25) is 0 Å². The molecule has 0 saturated heterocycles. The summed E-state index contributed by atoms with van der Waals surface area (Å²) in [5.74, 6) is -0.375. The van der Waals surface area contributed by atoms with E-state index in [4.69, 9.17) is 0 Å². The molecule has 1 aliphatic heterocycles. The standard InChI is InChI=1S/C36H40N3O3S5/c1-5-26(22-35-37(16-8-18-39(2,3)4)29-24-27(12-14-33(29)45-35)31-10-6-19-43-31)23-36-38(17-9-21-47(40,41)42)30-25-28(13-15-34(30)46-36)32-11-7-20-44-32/h6-7,10-15,19-20,22-25H,5,8-9,16-18,21H2,1-4H3/q+1. The number of quaternary nitrogens is 1. The molecular formula is C36H40N3O3S5+. The third kappa shape index (κ3) is 8.45. The van der Waals surface area contributed by atoms with Crippen molar-refractivity contribution in [2.75, 3.05) is 44.9 Å². The Labute approximate surface area is 294 Å². The van der Waals surface area contributed by atoms with E-state index in [1.807, 2.05) is 17.8 Å². The number of hydrogen-bond acceptors (Lipinski definition) is 8. The van der Waals surface area contributed by atoms with Crippen molar-refractivity contribution in [2.24, 2.45) is 0 Å². The zero-order chi connectivity index (χ0) is 33.2. The van der Waals surface area contributed by atoms with E-state index in [1.165, 1.54) is 36.5 Å². The average Bonchev–Trinajstić information content (AvgIpc) is 3.83. The molecule has 4 heterocycles. The lowest BCUT2D eigenvalue weighted by Crippen LogP contribution is -2.37. The molecule has 6 rings (SSSR count). The van der Waals surface area contributed by atoms with Gasteiger partial charge in [-0.25, -0.2) is 8.42 Å². The molecule has 0 spiro atoms. The Morgan fingerprint density at radius 1 is 0.957 bits per heavy atom. The molecule has 47 heavy (non-hydrogen) atoms. The molecule has 3 aromatic heterocycles. The predicted molar refractivity (Wildman–Crippen MR) is 201 cm³/mol. The van der Waals surface area contributed by atoms with Gasteiger partial charge in [-0.2, -0.15) is 4.57 Å². The molecule has 2 aromatic carbocycles. The van der Waals surface area contributed by atoms with Crippen LogP contribution in [0, 0.1) is 0 Å². The number of benzene rings is 2. The number of anilines is 1. The van der Waals surface area contributed by atoms with E-state index in [1.54, 1.807) is 34.0 Å². The van der Waals surface area contributed by atoms with Gasteiger partial charge in [0.15, 0.2) is 6.54 Å². The van der Waals surface area contributed by atoms with E-state index in [0.717, 1.165) is 51.2 Å². The molecule has 0 unspecified atom stereocenters. The molecule has 0 saturated carbocycles. The molecule has 1 aliphatic rings. The van der Waals surface area contributed by atoms with E-state index < -0.39 is 10.1 Å². The summed E-state index contributed by atoms with van der Waals surface area (Å²) in [6, 6.07) is 21.8. The van der Waals surface area contributed by atoms with Gasteiger partial charge in [0.2, 0.25) is 5.52 Å². The number of aryl methyl sites for hydroxylation is 1. The van der Waals surface area contributed by atoms with Gasteiger partial charge in [0, 0.05) is 51.9 Å². The fraction of sp³-hybridized carbons (Fsp3) is 0.306. The predicted octanol–water partition coefficient (Wildman–Crippen LogP) is 8.92. The summed E-state index contributed by atoms with van der Waals surface area (Å²) >= 11 is 7.00. The second kappa shape index (κ2) is 14.4. The van der Waals surface area contributed by atoms with Crippen LogP contribution in [0.5, 0.6) is 0 Å². The lowest BCUT2D eigenvalue weighted by Gasteiger charge is -2.26. The van der Waals surface area contributed by atoms with Crippen LogP contribution in [0.1, 0.15) is 31.2 Å². The van der Waals surface area contributed by atoms with Crippen LogP contribution in [0.3, 0.4) is 0 Å². The first-order valence-corrected chi connectivity index (χ1v) is 20.7. The van der Waals surface area contributed by atoms with E-state index >= 15 is 0 Å². The zero-order valence-electron chi connectivity index (χ0n) is 27.1. The minimum absolute atomic E-state index is 0.271. The van der Waals surface area contributed by atoms with E-state index in [0.29, 0.717) is 6.54 Å².